The summed E-state index contributed by atoms with van der Waals surface area (Å²) in [6.45, 7) is 1.36. The van der Waals surface area contributed by atoms with Crippen LogP contribution in [0, 0.1) is 18.8 Å². The maximum Gasteiger partial charge on any atom is 0.286 e. The Balaban J connectivity index is 1.55. The van der Waals surface area contributed by atoms with E-state index in [-0.39, 0.29) is 16.4 Å². The molecule has 0 aliphatic rings. The van der Waals surface area contributed by atoms with Crippen LogP contribution in [0.15, 0.2) is 88.4 Å². The Hall–Kier alpha value is -5.61. The van der Waals surface area contributed by atoms with Gasteiger partial charge in [0.25, 0.3) is 11.8 Å². The first-order chi connectivity index (χ1) is 20.5. The van der Waals surface area contributed by atoms with Gasteiger partial charge in [-0.25, -0.2) is 4.21 Å². The number of aromatic nitrogens is 3. The molecule has 0 aliphatic heterocycles. The number of benzene rings is 2. The summed E-state index contributed by atoms with van der Waals surface area (Å²) in [6, 6.07) is 17.9. The van der Waals surface area contributed by atoms with E-state index in [1.807, 2.05) is 0 Å². The fraction of sp³-hybridized carbons (Fsp3) is 0.133. The number of rotatable bonds is 8. The van der Waals surface area contributed by atoms with Gasteiger partial charge >= 0.3 is 0 Å². The number of nitrogens with two attached hydrogens (primary N) is 1. The summed E-state index contributed by atoms with van der Waals surface area (Å²) < 4.78 is 19.2. The van der Waals surface area contributed by atoms with Crippen molar-refractivity contribution in [2.45, 2.75) is 11.8 Å². The Labute approximate surface area is 247 Å². The number of nitrogens with one attached hydrogen (secondary N) is 2. The molecule has 2 aromatic heterocycles. The first kappa shape index (κ1) is 30.4. The normalized spacial score (nSPS) is 11.8. The highest BCUT2D eigenvalue weighted by molar-refractivity contribution is 7.94. The maximum atomic E-state index is 13.8. The van der Waals surface area contributed by atoms with Gasteiger partial charge in [-0.2, -0.15) is 9.46 Å². The van der Waals surface area contributed by atoms with Crippen LogP contribution in [0.4, 0.5) is 5.69 Å². The largest absolute Gasteiger partial charge is 0.368 e. The average molecular weight is 598 g/mol. The fourth-order valence-electron chi connectivity index (χ4n) is 3.87. The molecule has 1 unspecified atom stereocenters. The predicted molar refractivity (Wildman–Crippen MR) is 159 cm³/mol. The number of anilines is 1. The van der Waals surface area contributed by atoms with Crippen LogP contribution in [0.1, 0.15) is 37.7 Å². The zero-order valence-corrected chi connectivity index (χ0v) is 24.1. The maximum absolute atomic E-state index is 13.8. The Morgan fingerprint density at radius 1 is 0.977 bits per heavy atom. The van der Waals surface area contributed by atoms with Crippen LogP contribution in [0.2, 0.25) is 0 Å². The Morgan fingerprint density at radius 3 is 2.42 bits per heavy atom. The average Bonchev–Trinajstić information content (AvgIpc) is 3.33. The van der Waals surface area contributed by atoms with Gasteiger partial charge in [-0.1, -0.05) is 36.1 Å². The third-order valence-electron chi connectivity index (χ3n) is 5.82. The van der Waals surface area contributed by atoms with Gasteiger partial charge in [0.15, 0.2) is 0 Å². The summed E-state index contributed by atoms with van der Waals surface area (Å²) in [6.07, 6.45) is 2.71. The van der Waals surface area contributed by atoms with Crippen LogP contribution in [-0.4, -0.2) is 54.9 Å². The van der Waals surface area contributed by atoms with Crippen LogP contribution >= 0.6 is 0 Å². The molecule has 2 aromatic carbocycles. The summed E-state index contributed by atoms with van der Waals surface area (Å²) in [5.74, 6) is 2.54. The van der Waals surface area contributed by atoms with Gasteiger partial charge < -0.3 is 16.4 Å². The summed E-state index contributed by atoms with van der Waals surface area (Å²) in [5, 5.41) is 9.27. The summed E-state index contributed by atoms with van der Waals surface area (Å²) >= 11 is 0. The quantitative estimate of drug-likeness (QED) is 0.260. The Morgan fingerprint density at radius 2 is 1.72 bits per heavy atom. The number of carbonyl (C=O) groups is 4. The minimum atomic E-state index is -3.56. The van der Waals surface area contributed by atoms with Crippen molar-refractivity contribution >= 4 is 39.0 Å². The molecule has 43 heavy (non-hydrogen) atoms. The van der Waals surface area contributed by atoms with Crippen LogP contribution in [-0.2, 0) is 26.4 Å². The van der Waals surface area contributed by atoms with E-state index in [0.717, 1.165) is 5.69 Å². The lowest BCUT2D eigenvalue weighted by atomic mass is 10.1. The molecule has 12 nitrogen and oxygen atoms in total. The number of amides is 4. The fourth-order valence-corrected chi connectivity index (χ4v) is 5.61. The lowest BCUT2D eigenvalue weighted by molar-refractivity contribution is -0.123. The second-order valence-electron chi connectivity index (χ2n) is 9.28. The number of aryl methyl sites for hydroxylation is 2. The molecule has 1 atom stereocenters. The minimum Gasteiger partial charge on any atom is -0.368 e. The number of primary amides is 1. The van der Waals surface area contributed by atoms with E-state index in [4.69, 9.17) is 5.73 Å². The van der Waals surface area contributed by atoms with E-state index in [9.17, 15) is 23.4 Å². The summed E-state index contributed by atoms with van der Waals surface area (Å²) in [5.41, 5.74) is 7.72. The van der Waals surface area contributed by atoms with Crippen LogP contribution in [0.5, 0.6) is 0 Å². The van der Waals surface area contributed by atoms with Gasteiger partial charge in [-0.05, 0) is 49.4 Å². The highest BCUT2D eigenvalue weighted by Gasteiger charge is 2.21. The second kappa shape index (κ2) is 13.4. The molecule has 218 valence electrons. The number of hydrogen-bond donors (Lipinski definition) is 3. The second-order valence-corrected chi connectivity index (χ2v) is 11.5. The minimum absolute atomic E-state index is 0.0143. The predicted octanol–water partition coefficient (Wildman–Crippen LogP) is 2.04. The molecule has 13 heteroatoms. The monoisotopic (exact) mass is 597 g/mol. The van der Waals surface area contributed by atoms with Gasteiger partial charge in [0.1, 0.15) is 11.4 Å². The molecule has 0 bridgehead atoms. The molecule has 0 aliphatic carbocycles. The van der Waals surface area contributed by atoms with E-state index in [2.05, 4.69) is 36.9 Å². The number of pyridine rings is 1. The van der Waals surface area contributed by atoms with E-state index < -0.39 is 39.7 Å². The molecule has 0 saturated carbocycles. The standard InChI is InChI=1S/C30H27N7O5S/c1-20-13-26(37(2)35-20)30(41)34-24-8-6-7-21(15-24)11-12-22-14-23(17-32-16-22)29(40)36-43(42,25-9-4-3-5-10-25)19-28(39)33-18-27(31)38/h3-10,13-17H,18-19H2,1-2H3,(H2,31,38)(H,33,39)(H,34,41). The van der Waals surface area contributed by atoms with E-state index >= 15 is 0 Å². The summed E-state index contributed by atoms with van der Waals surface area (Å²) in [7, 11) is -1.87. The van der Waals surface area contributed by atoms with Crippen molar-refractivity contribution in [2.24, 2.45) is 17.1 Å². The molecule has 2 heterocycles. The molecule has 0 saturated heterocycles. The molecular formula is C30H27N7O5S. The van der Waals surface area contributed by atoms with E-state index in [1.165, 1.54) is 35.3 Å². The van der Waals surface area contributed by atoms with Crippen LogP contribution in [0.3, 0.4) is 0 Å². The van der Waals surface area contributed by atoms with Gasteiger partial charge in [0, 0.05) is 41.2 Å². The highest BCUT2D eigenvalue weighted by atomic mass is 32.2. The molecule has 0 spiro atoms. The number of carbonyl (C=O) groups excluding carboxylic acids is 4. The summed E-state index contributed by atoms with van der Waals surface area (Å²) in [4.78, 5) is 53.4. The first-order valence-electron chi connectivity index (χ1n) is 12.8. The molecule has 4 aromatic rings. The molecular weight excluding hydrogens is 570 g/mol. The SMILES string of the molecule is Cc1cc(C(=O)Nc2cccc(C#Cc3cncc(C(=O)N=S(=O)(CC(=O)NCC(N)=O)c4ccccc4)c3)c2)n(C)n1. The van der Waals surface area contributed by atoms with Crippen LogP contribution in [0.25, 0.3) is 0 Å². The topological polar surface area (TPSA) is 178 Å². The highest BCUT2D eigenvalue weighted by Crippen LogP contribution is 2.17. The molecule has 4 N–H and O–H groups in total. The molecule has 4 rings (SSSR count). The van der Waals surface area contributed by atoms with Gasteiger partial charge in [-0.15, -0.1) is 0 Å². The van der Waals surface area contributed by atoms with E-state index in [1.54, 1.807) is 62.5 Å². The zero-order chi connectivity index (χ0) is 31.0. The van der Waals surface area contributed by atoms with Crippen molar-refractivity contribution in [2.75, 3.05) is 17.6 Å². The molecule has 0 fully saturated rings. The molecule has 0 radical (unpaired) electrons. The lowest BCUT2D eigenvalue weighted by Crippen LogP contribution is -2.36. The number of nitrogens with zero attached hydrogens (tertiary/aromatic N) is 4. The van der Waals surface area contributed by atoms with Gasteiger partial charge in [0.2, 0.25) is 11.8 Å². The van der Waals surface area contributed by atoms with Crippen molar-refractivity contribution in [3.8, 4) is 11.8 Å². The van der Waals surface area contributed by atoms with Gasteiger partial charge in [-0.3, -0.25) is 28.8 Å². The van der Waals surface area contributed by atoms with Crippen molar-refractivity contribution in [3.63, 3.8) is 0 Å². The van der Waals surface area contributed by atoms with Crippen molar-refractivity contribution < 1.29 is 23.4 Å². The zero-order valence-electron chi connectivity index (χ0n) is 23.2. The Bertz CT molecular complexity index is 1900. The number of hydrogen-bond acceptors (Lipinski definition) is 7. The first-order valence-corrected chi connectivity index (χ1v) is 14.5. The van der Waals surface area contributed by atoms with Crippen LogP contribution < -0.4 is 16.4 Å². The van der Waals surface area contributed by atoms with Gasteiger partial charge in [0.05, 0.1) is 27.5 Å². The van der Waals surface area contributed by atoms with E-state index in [0.29, 0.717) is 22.5 Å². The molecule has 4 amide bonds. The Kier molecular flexibility index (Phi) is 9.44. The van der Waals surface area contributed by atoms with Crippen molar-refractivity contribution in [1.29, 1.82) is 0 Å². The third kappa shape index (κ3) is 8.21. The van der Waals surface area contributed by atoms with Crippen molar-refractivity contribution in [1.82, 2.24) is 20.1 Å². The smallest absolute Gasteiger partial charge is 0.286 e. The lowest BCUT2D eigenvalue weighted by Gasteiger charge is -2.10. The third-order valence-corrected chi connectivity index (χ3v) is 7.94. The van der Waals surface area contributed by atoms with Crippen molar-refractivity contribution in [3.05, 3.63) is 107 Å².